The zero-order chi connectivity index (χ0) is 25.3. The molecule has 192 valence electrons. The minimum atomic E-state index is -0.904. The fourth-order valence-corrected chi connectivity index (χ4v) is 5.52. The fourth-order valence-electron chi connectivity index (χ4n) is 4.22. The summed E-state index contributed by atoms with van der Waals surface area (Å²) in [6, 6.07) is 8.23. The largest absolute Gasteiger partial charge is 0.449 e. The molecular formula is C26H38N4O4S. The van der Waals surface area contributed by atoms with E-state index in [-0.39, 0.29) is 11.5 Å². The fraction of sp³-hybridized carbons (Fsp3) is 0.615. The van der Waals surface area contributed by atoms with E-state index in [9.17, 15) is 14.4 Å². The predicted octanol–water partition coefficient (Wildman–Crippen LogP) is 3.92. The number of aliphatic imine (C=N–C) groups is 1. The van der Waals surface area contributed by atoms with E-state index in [1.807, 2.05) is 51.2 Å². The maximum absolute atomic E-state index is 12.9. The molecule has 0 aromatic heterocycles. The lowest BCUT2D eigenvalue weighted by molar-refractivity contribution is -0.139. The van der Waals surface area contributed by atoms with Gasteiger partial charge in [0.05, 0.1) is 19.2 Å². The number of thioether (sulfide) groups is 1. The second-order valence-corrected chi connectivity index (χ2v) is 10.6. The summed E-state index contributed by atoms with van der Waals surface area (Å²) < 4.78 is 5.58. The molecule has 0 radical (unpaired) electrons. The molecule has 35 heavy (non-hydrogen) atoms. The van der Waals surface area contributed by atoms with Gasteiger partial charge < -0.3 is 20.3 Å². The zero-order valence-corrected chi connectivity index (χ0v) is 21.9. The number of rotatable bonds is 12. The molecule has 2 N–H and O–H groups in total. The summed E-state index contributed by atoms with van der Waals surface area (Å²) in [5.41, 5.74) is 0.851. The van der Waals surface area contributed by atoms with Gasteiger partial charge in [-0.15, -0.1) is 0 Å². The number of Topliss-reactive ketones (excluding diaryl/α,β-unsaturated/α-hetero) is 1. The molecule has 8 nitrogen and oxygen atoms in total. The molecule has 3 rings (SSSR count). The first-order chi connectivity index (χ1) is 16.8. The number of carbonyl (C=O) groups excluding carboxylic acids is 3. The van der Waals surface area contributed by atoms with Crippen LogP contribution in [0.5, 0.6) is 0 Å². The minimum Gasteiger partial charge on any atom is -0.449 e. The Labute approximate surface area is 212 Å². The third-order valence-electron chi connectivity index (χ3n) is 6.77. The molecule has 2 aliphatic rings. The number of nitrogens with zero attached hydrogens (tertiary/aromatic N) is 2. The lowest BCUT2D eigenvalue weighted by atomic mass is 9.71. The Kier molecular flexibility index (Phi) is 10.0. The molecular weight excluding hydrogens is 464 g/mol. The highest BCUT2D eigenvalue weighted by atomic mass is 32.2. The number of alkyl carbamates (subject to hydrolysis) is 1. The summed E-state index contributed by atoms with van der Waals surface area (Å²) >= 11 is 1.72. The normalized spacial score (nSPS) is 18.1. The quantitative estimate of drug-likeness (QED) is 0.420. The van der Waals surface area contributed by atoms with Crippen LogP contribution in [0.2, 0.25) is 0 Å². The van der Waals surface area contributed by atoms with E-state index in [2.05, 4.69) is 20.5 Å². The van der Waals surface area contributed by atoms with Gasteiger partial charge in [-0.2, -0.15) is 0 Å². The first-order valence-corrected chi connectivity index (χ1v) is 13.5. The maximum atomic E-state index is 12.9. The van der Waals surface area contributed by atoms with Crippen LogP contribution in [0.4, 0.5) is 4.79 Å². The summed E-state index contributed by atoms with van der Waals surface area (Å²) in [4.78, 5) is 44.9. The highest BCUT2D eigenvalue weighted by Gasteiger charge is 2.39. The van der Waals surface area contributed by atoms with Crippen LogP contribution in [0.3, 0.4) is 0 Å². The van der Waals surface area contributed by atoms with E-state index in [0.29, 0.717) is 19.4 Å². The van der Waals surface area contributed by atoms with Crippen molar-refractivity contribution in [2.45, 2.75) is 64.5 Å². The Bertz CT molecular complexity index is 904. The van der Waals surface area contributed by atoms with Gasteiger partial charge in [-0.3, -0.25) is 14.6 Å². The first-order valence-electron chi connectivity index (χ1n) is 12.5. The molecule has 1 aliphatic carbocycles. The van der Waals surface area contributed by atoms with Crippen molar-refractivity contribution in [3.8, 4) is 0 Å². The SMILES string of the molecule is CCCC[C@H](NC(=O)OCC1(CSC2=NCCN2C)CCC1)C(=O)C(=O)N[C@H](C)c1ccccc1. The van der Waals surface area contributed by atoms with Gasteiger partial charge in [-0.05, 0) is 31.7 Å². The number of amides is 2. The molecule has 1 saturated carbocycles. The van der Waals surface area contributed by atoms with Crippen molar-refractivity contribution in [2.75, 3.05) is 32.5 Å². The van der Waals surface area contributed by atoms with Crippen molar-refractivity contribution < 1.29 is 19.1 Å². The number of carbonyl (C=O) groups is 3. The molecule has 0 saturated heterocycles. The monoisotopic (exact) mass is 502 g/mol. The van der Waals surface area contributed by atoms with Crippen LogP contribution in [0, 0.1) is 5.41 Å². The van der Waals surface area contributed by atoms with Crippen molar-refractivity contribution in [3.05, 3.63) is 35.9 Å². The number of hydrogen-bond donors (Lipinski definition) is 2. The molecule has 1 aliphatic heterocycles. The summed E-state index contributed by atoms with van der Waals surface area (Å²) in [7, 11) is 2.04. The van der Waals surface area contributed by atoms with Crippen molar-refractivity contribution in [1.82, 2.24) is 15.5 Å². The minimum absolute atomic E-state index is 0.0562. The Morgan fingerprint density at radius 2 is 1.94 bits per heavy atom. The molecule has 2 atom stereocenters. The number of nitrogens with one attached hydrogen (secondary N) is 2. The predicted molar refractivity (Wildman–Crippen MR) is 139 cm³/mol. The molecule has 1 aromatic rings. The van der Waals surface area contributed by atoms with Gasteiger partial charge in [0.1, 0.15) is 6.04 Å². The molecule has 1 heterocycles. The Morgan fingerprint density at radius 1 is 1.20 bits per heavy atom. The maximum Gasteiger partial charge on any atom is 0.407 e. The van der Waals surface area contributed by atoms with Gasteiger partial charge in [0.25, 0.3) is 5.91 Å². The van der Waals surface area contributed by atoms with E-state index in [0.717, 1.165) is 55.3 Å². The molecule has 0 bridgehead atoms. The van der Waals surface area contributed by atoms with Crippen LogP contribution in [-0.4, -0.2) is 66.4 Å². The molecule has 2 amide bonds. The molecule has 1 aromatic carbocycles. The number of ether oxygens (including phenoxy) is 1. The summed E-state index contributed by atoms with van der Waals surface area (Å²) in [5, 5.41) is 6.45. The highest BCUT2D eigenvalue weighted by Crippen LogP contribution is 2.44. The second kappa shape index (κ2) is 13.0. The number of likely N-dealkylation sites (N-methyl/N-ethyl adjacent to an activating group) is 1. The van der Waals surface area contributed by atoms with Crippen LogP contribution in [0.1, 0.15) is 64.0 Å². The smallest absolute Gasteiger partial charge is 0.407 e. The van der Waals surface area contributed by atoms with Gasteiger partial charge in [-0.1, -0.05) is 68.3 Å². The summed E-state index contributed by atoms with van der Waals surface area (Å²) in [5.74, 6) is -0.494. The van der Waals surface area contributed by atoms with Crippen LogP contribution in [-0.2, 0) is 14.3 Å². The van der Waals surface area contributed by atoms with Crippen molar-refractivity contribution in [1.29, 1.82) is 0 Å². The van der Waals surface area contributed by atoms with E-state index in [4.69, 9.17) is 4.74 Å². The number of ketones is 1. The topological polar surface area (TPSA) is 100 Å². The molecule has 9 heteroatoms. The molecule has 0 spiro atoms. The van der Waals surface area contributed by atoms with Crippen molar-refractivity contribution in [2.24, 2.45) is 10.4 Å². The van der Waals surface area contributed by atoms with Gasteiger partial charge in [-0.25, -0.2) is 4.79 Å². The van der Waals surface area contributed by atoms with Crippen molar-refractivity contribution >= 4 is 34.7 Å². The van der Waals surface area contributed by atoms with Crippen LogP contribution in [0.25, 0.3) is 0 Å². The lowest BCUT2D eigenvalue weighted by Crippen LogP contribution is -2.49. The lowest BCUT2D eigenvalue weighted by Gasteiger charge is -2.41. The van der Waals surface area contributed by atoms with Gasteiger partial charge in [0.15, 0.2) is 5.17 Å². The Morgan fingerprint density at radius 3 is 2.54 bits per heavy atom. The Balaban J connectivity index is 1.51. The van der Waals surface area contributed by atoms with Gasteiger partial charge in [0, 0.05) is 24.8 Å². The number of hydrogen-bond acceptors (Lipinski definition) is 7. The summed E-state index contributed by atoms with van der Waals surface area (Å²) in [6.07, 6.45) is 4.44. The number of unbranched alkanes of at least 4 members (excludes halogenated alkanes) is 1. The van der Waals surface area contributed by atoms with Crippen LogP contribution < -0.4 is 10.6 Å². The number of benzene rings is 1. The van der Waals surface area contributed by atoms with Crippen LogP contribution >= 0.6 is 11.8 Å². The molecule has 0 unspecified atom stereocenters. The average Bonchev–Trinajstić information content (AvgIpc) is 3.25. The van der Waals surface area contributed by atoms with E-state index in [1.54, 1.807) is 11.8 Å². The highest BCUT2D eigenvalue weighted by molar-refractivity contribution is 8.13. The third kappa shape index (κ3) is 7.72. The number of amidine groups is 1. The third-order valence-corrected chi connectivity index (χ3v) is 8.22. The van der Waals surface area contributed by atoms with Crippen LogP contribution in [0.15, 0.2) is 35.3 Å². The van der Waals surface area contributed by atoms with Crippen molar-refractivity contribution in [3.63, 3.8) is 0 Å². The van der Waals surface area contributed by atoms with E-state index >= 15 is 0 Å². The molecule has 1 fully saturated rings. The second-order valence-electron chi connectivity index (χ2n) is 9.61. The van der Waals surface area contributed by atoms with E-state index < -0.39 is 23.8 Å². The van der Waals surface area contributed by atoms with E-state index in [1.165, 1.54) is 0 Å². The first kappa shape index (κ1) is 27.0. The van der Waals surface area contributed by atoms with Gasteiger partial charge >= 0.3 is 6.09 Å². The standard InChI is InChI=1S/C26H38N4O4S/c1-4-5-12-21(22(31)23(32)28-19(2)20-10-7-6-8-11-20)29-25(33)34-17-26(13-9-14-26)18-35-24-27-15-16-30(24)3/h6-8,10-11,19,21H,4-5,9,12-18H2,1-3H3,(H,28,32)(H,29,33)/t19-,21+/m1/s1. The average molecular weight is 503 g/mol. The Hall–Kier alpha value is -2.55. The zero-order valence-electron chi connectivity index (χ0n) is 21.0. The van der Waals surface area contributed by atoms with Gasteiger partial charge in [0.2, 0.25) is 5.78 Å². The summed E-state index contributed by atoms with van der Waals surface area (Å²) in [6.45, 7) is 5.90.